The zero-order valence-electron chi connectivity index (χ0n) is 9.99. The minimum atomic E-state index is 0.151. The lowest BCUT2D eigenvalue weighted by Gasteiger charge is -2.16. The number of aryl methyl sites for hydroxylation is 1. The predicted molar refractivity (Wildman–Crippen MR) is 65.3 cm³/mol. The minimum absolute atomic E-state index is 0.151. The highest BCUT2D eigenvalue weighted by Crippen LogP contribution is 2.44. The van der Waals surface area contributed by atoms with Gasteiger partial charge in [-0.1, -0.05) is 29.8 Å². The summed E-state index contributed by atoms with van der Waals surface area (Å²) in [6, 6.07) is 8.56. The van der Waals surface area contributed by atoms with E-state index >= 15 is 0 Å². The van der Waals surface area contributed by atoms with Crippen LogP contribution in [-0.4, -0.2) is 13.0 Å². The van der Waals surface area contributed by atoms with Gasteiger partial charge in [-0.15, -0.1) is 0 Å². The molecule has 2 rings (SSSR count). The maximum atomic E-state index is 11.5. The first kappa shape index (κ1) is 11.2. The van der Waals surface area contributed by atoms with Gasteiger partial charge in [-0.2, -0.15) is 0 Å². The fraction of sp³-hybridized carbons (Fsp3) is 0.500. The monoisotopic (exact) mass is 217 g/mol. The van der Waals surface area contributed by atoms with Gasteiger partial charge in [-0.05, 0) is 37.2 Å². The molecule has 86 valence electrons. The SMILES string of the molecule is CNC(=O)CC(c1cccc(C)c1)C1CC1. The van der Waals surface area contributed by atoms with Crippen molar-refractivity contribution in [3.05, 3.63) is 35.4 Å². The number of hydrogen-bond donors (Lipinski definition) is 1. The molecule has 1 aliphatic rings. The number of carbonyl (C=O) groups excluding carboxylic acids is 1. The first-order valence-electron chi connectivity index (χ1n) is 5.98. The standard InChI is InChI=1S/C14H19NO/c1-10-4-3-5-12(8-10)13(11-6-7-11)9-14(16)15-2/h3-5,8,11,13H,6-7,9H2,1-2H3,(H,15,16). The summed E-state index contributed by atoms with van der Waals surface area (Å²) in [7, 11) is 1.71. The van der Waals surface area contributed by atoms with Crippen molar-refractivity contribution in [2.24, 2.45) is 5.92 Å². The lowest BCUT2D eigenvalue weighted by atomic mass is 9.90. The molecule has 1 saturated carbocycles. The van der Waals surface area contributed by atoms with E-state index in [0.29, 0.717) is 12.3 Å². The summed E-state index contributed by atoms with van der Waals surface area (Å²) < 4.78 is 0. The lowest BCUT2D eigenvalue weighted by Crippen LogP contribution is -2.21. The van der Waals surface area contributed by atoms with Crippen LogP contribution in [0.25, 0.3) is 0 Å². The molecule has 1 unspecified atom stereocenters. The lowest BCUT2D eigenvalue weighted by molar-refractivity contribution is -0.121. The topological polar surface area (TPSA) is 29.1 Å². The fourth-order valence-electron chi connectivity index (χ4n) is 2.26. The van der Waals surface area contributed by atoms with E-state index in [2.05, 4.69) is 36.5 Å². The largest absolute Gasteiger partial charge is 0.359 e. The van der Waals surface area contributed by atoms with Crippen molar-refractivity contribution in [1.29, 1.82) is 0 Å². The van der Waals surface area contributed by atoms with E-state index < -0.39 is 0 Å². The summed E-state index contributed by atoms with van der Waals surface area (Å²) in [6.07, 6.45) is 3.18. The molecule has 0 spiro atoms. The Morgan fingerprint density at radius 3 is 2.81 bits per heavy atom. The third kappa shape index (κ3) is 2.63. The van der Waals surface area contributed by atoms with Gasteiger partial charge in [0, 0.05) is 13.5 Å². The first-order valence-corrected chi connectivity index (χ1v) is 5.98. The van der Waals surface area contributed by atoms with Crippen LogP contribution >= 0.6 is 0 Å². The number of carbonyl (C=O) groups is 1. The van der Waals surface area contributed by atoms with Gasteiger partial charge in [0.1, 0.15) is 0 Å². The van der Waals surface area contributed by atoms with E-state index in [1.54, 1.807) is 7.05 Å². The number of amides is 1. The molecule has 2 nitrogen and oxygen atoms in total. The predicted octanol–water partition coefficient (Wildman–Crippen LogP) is 2.62. The molecular formula is C14H19NO. The Hall–Kier alpha value is -1.31. The van der Waals surface area contributed by atoms with Gasteiger partial charge in [0.05, 0.1) is 0 Å². The van der Waals surface area contributed by atoms with E-state index in [4.69, 9.17) is 0 Å². The highest BCUT2D eigenvalue weighted by molar-refractivity contribution is 5.76. The Morgan fingerprint density at radius 1 is 1.50 bits per heavy atom. The summed E-state index contributed by atoms with van der Waals surface area (Å²) in [6.45, 7) is 2.10. The molecule has 1 atom stereocenters. The maximum Gasteiger partial charge on any atom is 0.220 e. The Kier molecular flexibility index (Phi) is 3.28. The van der Waals surface area contributed by atoms with Crippen molar-refractivity contribution in [1.82, 2.24) is 5.32 Å². The summed E-state index contributed by atoms with van der Waals surface area (Å²) in [5.41, 5.74) is 2.60. The molecule has 0 bridgehead atoms. The third-order valence-corrected chi connectivity index (χ3v) is 3.35. The highest BCUT2D eigenvalue weighted by Gasteiger charge is 2.33. The average Bonchev–Trinajstić information content (AvgIpc) is 3.09. The van der Waals surface area contributed by atoms with Crippen LogP contribution in [0.4, 0.5) is 0 Å². The van der Waals surface area contributed by atoms with Gasteiger partial charge in [-0.3, -0.25) is 4.79 Å². The van der Waals surface area contributed by atoms with Gasteiger partial charge in [0.15, 0.2) is 0 Å². The van der Waals surface area contributed by atoms with Gasteiger partial charge in [-0.25, -0.2) is 0 Å². The van der Waals surface area contributed by atoms with Crippen LogP contribution in [0.5, 0.6) is 0 Å². The summed E-state index contributed by atoms with van der Waals surface area (Å²) in [4.78, 5) is 11.5. The summed E-state index contributed by atoms with van der Waals surface area (Å²) in [5.74, 6) is 1.29. The van der Waals surface area contributed by atoms with Crippen LogP contribution < -0.4 is 5.32 Å². The molecule has 1 aliphatic carbocycles. The number of rotatable bonds is 4. The molecule has 0 radical (unpaired) electrons. The molecule has 0 heterocycles. The molecule has 0 aliphatic heterocycles. The van der Waals surface area contributed by atoms with Crippen molar-refractivity contribution in [2.75, 3.05) is 7.05 Å². The number of nitrogens with one attached hydrogen (secondary N) is 1. The number of hydrogen-bond acceptors (Lipinski definition) is 1. The van der Waals surface area contributed by atoms with Crippen molar-refractivity contribution < 1.29 is 4.79 Å². The van der Waals surface area contributed by atoms with E-state index in [-0.39, 0.29) is 5.91 Å². The van der Waals surface area contributed by atoms with Crippen molar-refractivity contribution in [3.63, 3.8) is 0 Å². The van der Waals surface area contributed by atoms with E-state index in [9.17, 15) is 4.79 Å². The molecule has 1 aromatic rings. The van der Waals surface area contributed by atoms with Crippen LogP contribution in [0.2, 0.25) is 0 Å². The van der Waals surface area contributed by atoms with Crippen LogP contribution in [0.15, 0.2) is 24.3 Å². The zero-order chi connectivity index (χ0) is 11.5. The molecular weight excluding hydrogens is 198 g/mol. The molecule has 1 N–H and O–H groups in total. The second kappa shape index (κ2) is 4.69. The Bertz CT molecular complexity index is 382. The quantitative estimate of drug-likeness (QED) is 0.825. The van der Waals surface area contributed by atoms with Crippen LogP contribution in [0.1, 0.15) is 36.3 Å². The molecule has 1 aromatic carbocycles. The fourth-order valence-corrected chi connectivity index (χ4v) is 2.26. The molecule has 2 heteroatoms. The highest BCUT2D eigenvalue weighted by atomic mass is 16.1. The van der Waals surface area contributed by atoms with E-state index in [1.807, 2.05) is 0 Å². The first-order chi connectivity index (χ1) is 7.70. The van der Waals surface area contributed by atoms with Crippen LogP contribution in [0, 0.1) is 12.8 Å². The normalized spacial score (nSPS) is 16.9. The molecule has 0 saturated heterocycles. The van der Waals surface area contributed by atoms with Crippen molar-refractivity contribution in [3.8, 4) is 0 Å². The molecule has 1 amide bonds. The average molecular weight is 217 g/mol. The molecule has 16 heavy (non-hydrogen) atoms. The second-order valence-corrected chi connectivity index (χ2v) is 4.74. The third-order valence-electron chi connectivity index (χ3n) is 3.35. The van der Waals surface area contributed by atoms with Gasteiger partial charge >= 0.3 is 0 Å². The van der Waals surface area contributed by atoms with Crippen molar-refractivity contribution >= 4 is 5.91 Å². The maximum absolute atomic E-state index is 11.5. The number of benzene rings is 1. The second-order valence-electron chi connectivity index (χ2n) is 4.74. The van der Waals surface area contributed by atoms with E-state index in [1.165, 1.54) is 24.0 Å². The molecule has 1 fully saturated rings. The Morgan fingerprint density at radius 2 is 2.25 bits per heavy atom. The summed E-state index contributed by atoms with van der Waals surface area (Å²) >= 11 is 0. The Balaban J connectivity index is 2.15. The zero-order valence-corrected chi connectivity index (χ0v) is 9.99. The van der Waals surface area contributed by atoms with Gasteiger partial charge in [0.2, 0.25) is 5.91 Å². The van der Waals surface area contributed by atoms with Crippen molar-refractivity contribution in [2.45, 2.75) is 32.1 Å². The molecule has 0 aromatic heterocycles. The van der Waals surface area contributed by atoms with Crippen LogP contribution in [-0.2, 0) is 4.79 Å². The van der Waals surface area contributed by atoms with Gasteiger partial charge < -0.3 is 5.32 Å². The minimum Gasteiger partial charge on any atom is -0.359 e. The van der Waals surface area contributed by atoms with Gasteiger partial charge in [0.25, 0.3) is 0 Å². The van der Waals surface area contributed by atoms with Crippen LogP contribution in [0.3, 0.4) is 0 Å². The van der Waals surface area contributed by atoms with E-state index in [0.717, 1.165) is 5.92 Å². The smallest absolute Gasteiger partial charge is 0.220 e. The summed E-state index contributed by atoms with van der Waals surface area (Å²) in [5, 5.41) is 2.72. The Labute approximate surface area is 97.1 Å².